The van der Waals surface area contributed by atoms with Crippen LogP contribution in [0.15, 0.2) is 36.5 Å². The molecule has 1 fully saturated rings. The zero-order valence-electron chi connectivity index (χ0n) is 11.0. The molecule has 0 aliphatic heterocycles. The predicted molar refractivity (Wildman–Crippen MR) is 86.5 cm³/mol. The monoisotopic (exact) mass is 397 g/mol. The number of hydrogen-bond donors (Lipinski definition) is 1. The zero-order chi connectivity index (χ0) is 15.0. The van der Waals surface area contributed by atoms with E-state index in [0.717, 1.165) is 16.4 Å². The number of amides is 1. The number of rotatable bonds is 4. The molecular formula is C14H12IN3O3. The van der Waals surface area contributed by atoms with Gasteiger partial charge in [0.15, 0.2) is 0 Å². The first-order chi connectivity index (χ1) is 10.1. The summed E-state index contributed by atoms with van der Waals surface area (Å²) in [6.45, 7) is 0. The van der Waals surface area contributed by atoms with Gasteiger partial charge in [-0.25, -0.2) is 0 Å². The van der Waals surface area contributed by atoms with E-state index >= 15 is 0 Å². The van der Waals surface area contributed by atoms with Gasteiger partial charge in [0.1, 0.15) is 5.69 Å². The van der Waals surface area contributed by atoms with Crippen LogP contribution in [-0.4, -0.2) is 15.4 Å². The average molecular weight is 397 g/mol. The molecule has 1 heterocycles. The number of hydrogen-bond acceptors (Lipinski definition) is 3. The molecular weight excluding hydrogens is 385 g/mol. The quantitative estimate of drug-likeness (QED) is 0.487. The average Bonchev–Trinajstić information content (AvgIpc) is 3.19. The number of benzene rings is 1. The van der Waals surface area contributed by atoms with Crippen LogP contribution < -0.4 is 5.32 Å². The molecule has 1 amide bonds. The van der Waals surface area contributed by atoms with Crippen molar-refractivity contribution in [2.75, 3.05) is 5.32 Å². The van der Waals surface area contributed by atoms with Crippen molar-refractivity contribution in [1.29, 1.82) is 0 Å². The fourth-order valence-corrected chi connectivity index (χ4v) is 2.67. The Morgan fingerprint density at radius 1 is 1.38 bits per heavy atom. The summed E-state index contributed by atoms with van der Waals surface area (Å²) in [7, 11) is 0. The van der Waals surface area contributed by atoms with E-state index in [1.807, 2.05) is 18.2 Å². The van der Waals surface area contributed by atoms with Gasteiger partial charge in [-0.1, -0.05) is 12.1 Å². The number of aromatic nitrogens is 1. The van der Waals surface area contributed by atoms with Crippen LogP contribution in [0.1, 0.15) is 29.4 Å². The molecule has 21 heavy (non-hydrogen) atoms. The Morgan fingerprint density at radius 2 is 2.10 bits per heavy atom. The predicted octanol–water partition coefficient (Wildman–Crippen LogP) is 3.59. The summed E-state index contributed by atoms with van der Waals surface area (Å²) in [5, 5.41) is 13.7. The number of carbonyl (C=O) groups excluding carboxylic acids is 1. The first-order valence-corrected chi connectivity index (χ1v) is 7.56. The van der Waals surface area contributed by atoms with Gasteiger partial charge in [0.25, 0.3) is 11.6 Å². The van der Waals surface area contributed by atoms with E-state index in [2.05, 4.69) is 27.9 Å². The minimum Gasteiger partial charge on any atom is -0.334 e. The van der Waals surface area contributed by atoms with Crippen LogP contribution in [0.2, 0.25) is 0 Å². The molecule has 1 aromatic carbocycles. The summed E-state index contributed by atoms with van der Waals surface area (Å²) in [6, 6.07) is 8.95. The summed E-state index contributed by atoms with van der Waals surface area (Å²) < 4.78 is 2.63. The summed E-state index contributed by atoms with van der Waals surface area (Å²) in [6.07, 6.45) is 3.35. The van der Waals surface area contributed by atoms with Crippen molar-refractivity contribution in [2.24, 2.45) is 0 Å². The molecule has 6 nitrogen and oxygen atoms in total. The van der Waals surface area contributed by atoms with Crippen LogP contribution >= 0.6 is 22.6 Å². The molecule has 1 N–H and O–H groups in total. The molecule has 0 atom stereocenters. The highest BCUT2D eigenvalue weighted by Crippen LogP contribution is 2.38. The fourth-order valence-electron chi connectivity index (χ4n) is 2.15. The number of nitrogens with zero attached hydrogens (tertiary/aromatic N) is 2. The van der Waals surface area contributed by atoms with E-state index in [4.69, 9.17) is 0 Å². The molecule has 0 bridgehead atoms. The van der Waals surface area contributed by atoms with Crippen molar-refractivity contribution in [2.45, 2.75) is 18.9 Å². The van der Waals surface area contributed by atoms with Crippen molar-refractivity contribution in [1.82, 2.24) is 4.57 Å². The standard InChI is InChI=1S/C14H12IN3O3/c15-11-3-1-2-4-12(11)16-14(19)13-7-10(18(20)21)8-17(13)9-5-6-9/h1-4,7-9H,5-6H2,(H,16,19). The van der Waals surface area contributed by atoms with Crippen LogP contribution in [0.3, 0.4) is 0 Å². The third-order valence-electron chi connectivity index (χ3n) is 3.34. The van der Waals surface area contributed by atoms with E-state index in [1.54, 1.807) is 10.6 Å². The molecule has 7 heteroatoms. The lowest BCUT2D eigenvalue weighted by Gasteiger charge is -2.09. The lowest BCUT2D eigenvalue weighted by atomic mass is 10.3. The Kier molecular flexibility index (Phi) is 3.66. The molecule has 0 spiro atoms. The molecule has 1 aliphatic rings. The van der Waals surface area contributed by atoms with Crippen molar-refractivity contribution in [3.63, 3.8) is 0 Å². The molecule has 2 aromatic rings. The maximum absolute atomic E-state index is 12.4. The Labute approximate surface area is 134 Å². The van der Waals surface area contributed by atoms with Crippen molar-refractivity contribution < 1.29 is 9.72 Å². The van der Waals surface area contributed by atoms with Gasteiger partial charge in [-0.05, 0) is 47.6 Å². The van der Waals surface area contributed by atoms with Crippen LogP contribution in [0.5, 0.6) is 0 Å². The number of nitro groups is 1. The third-order valence-corrected chi connectivity index (χ3v) is 4.28. The first kappa shape index (κ1) is 14.1. The Balaban J connectivity index is 1.90. The highest BCUT2D eigenvalue weighted by atomic mass is 127. The number of para-hydroxylation sites is 1. The zero-order valence-corrected chi connectivity index (χ0v) is 13.1. The first-order valence-electron chi connectivity index (χ1n) is 6.48. The topological polar surface area (TPSA) is 77.2 Å². The van der Waals surface area contributed by atoms with Crippen LogP contribution in [0, 0.1) is 13.7 Å². The maximum atomic E-state index is 12.4. The molecule has 3 rings (SSSR count). The minimum atomic E-state index is -0.470. The van der Waals surface area contributed by atoms with Crippen molar-refractivity contribution in [3.8, 4) is 0 Å². The normalized spacial score (nSPS) is 14.0. The van der Waals surface area contributed by atoms with Gasteiger partial charge < -0.3 is 9.88 Å². The highest BCUT2D eigenvalue weighted by Gasteiger charge is 2.30. The lowest BCUT2D eigenvalue weighted by molar-refractivity contribution is -0.384. The SMILES string of the molecule is O=C(Nc1ccccc1I)c1cc([N+](=O)[O-])cn1C1CC1. The van der Waals surface area contributed by atoms with Gasteiger partial charge in [-0.2, -0.15) is 0 Å². The number of nitrogens with one attached hydrogen (secondary N) is 1. The number of anilines is 1. The summed E-state index contributed by atoms with van der Waals surface area (Å²) in [5.74, 6) is -0.320. The smallest absolute Gasteiger partial charge is 0.287 e. The molecule has 1 aromatic heterocycles. The van der Waals surface area contributed by atoms with E-state index in [-0.39, 0.29) is 17.6 Å². The maximum Gasteiger partial charge on any atom is 0.287 e. The molecule has 0 radical (unpaired) electrons. The second kappa shape index (κ2) is 5.47. The summed E-state index contributed by atoms with van der Waals surface area (Å²) in [5.41, 5.74) is 0.993. The van der Waals surface area contributed by atoms with Gasteiger partial charge in [-0.15, -0.1) is 0 Å². The Hall–Kier alpha value is -1.90. The van der Waals surface area contributed by atoms with Gasteiger partial charge in [0.2, 0.25) is 0 Å². The molecule has 108 valence electrons. The van der Waals surface area contributed by atoms with Gasteiger partial charge in [0.05, 0.1) is 16.8 Å². The van der Waals surface area contributed by atoms with E-state index in [1.165, 1.54) is 12.3 Å². The van der Waals surface area contributed by atoms with Gasteiger partial charge in [-0.3, -0.25) is 14.9 Å². The molecule has 1 aliphatic carbocycles. The lowest BCUT2D eigenvalue weighted by Crippen LogP contribution is -2.16. The van der Waals surface area contributed by atoms with Crippen molar-refractivity contribution in [3.05, 3.63) is 55.9 Å². The van der Waals surface area contributed by atoms with E-state index in [9.17, 15) is 14.9 Å². The van der Waals surface area contributed by atoms with Crippen LogP contribution in [-0.2, 0) is 0 Å². The molecule has 1 saturated carbocycles. The van der Waals surface area contributed by atoms with E-state index < -0.39 is 4.92 Å². The van der Waals surface area contributed by atoms with Crippen LogP contribution in [0.25, 0.3) is 0 Å². The Bertz CT molecular complexity index is 722. The van der Waals surface area contributed by atoms with E-state index in [0.29, 0.717) is 11.4 Å². The van der Waals surface area contributed by atoms with Crippen LogP contribution in [0.4, 0.5) is 11.4 Å². The second-order valence-corrected chi connectivity index (χ2v) is 6.08. The second-order valence-electron chi connectivity index (χ2n) is 4.91. The number of carbonyl (C=O) groups is 1. The van der Waals surface area contributed by atoms with Gasteiger partial charge >= 0.3 is 0 Å². The Morgan fingerprint density at radius 3 is 2.71 bits per heavy atom. The minimum absolute atomic E-state index is 0.0465. The van der Waals surface area contributed by atoms with Crippen molar-refractivity contribution >= 4 is 39.9 Å². The largest absolute Gasteiger partial charge is 0.334 e. The molecule has 0 unspecified atom stereocenters. The molecule has 0 saturated heterocycles. The highest BCUT2D eigenvalue weighted by molar-refractivity contribution is 14.1. The summed E-state index contributed by atoms with van der Waals surface area (Å²) >= 11 is 2.13. The van der Waals surface area contributed by atoms with Gasteiger partial charge in [0, 0.05) is 15.7 Å². The number of halogens is 1. The fraction of sp³-hybridized carbons (Fsp3) is 0.214. The summed E-state index contributed by atoms with van der Waals surface area (Å²) in [4.78, 5) is 22.8. The third kappa shape index (κ3) is 2.92.